The number of rotatable bonds is 4. The standard InChI is InChI=1S/C27H27FN4O3/c28-20-5-3-18(4-6-20)26-23-17-31(14-11-24(23)29-35-26)27(34)19-15-25(33)32(16-19)22-9-7-21(8-10-22)30-12-1-2-13-30/h3-10,19H,1-2,11-17H2. The van der Waals surface area contributed by atoms with Gasteiger partial charge in [-0.05, 0) is 61.4 Å². The van der Waals surface area contributed by atoms with E-state index in [0.29, 0.717) is 31.8 Å². The first-order valence-electron chi connectivity index (χ1n) is 12.2. The first-order chi connectivity index (χ1) is 17.1. The predicted molar refractivity (Wildman–Crippen MR) is 129 cm³/mol. The van der Waals surface area contributed by atoms with Gasteiger partial charge in [-0.2, -0.15) is 0 Å². The zero-order valence-electron chi connectivity index (χ0n) is 19.5. The van der Waals surface area contributed by atoms with Crippen LogP contribution in [0, 0.1) is 11.7 Å². The second kappa shape index (κ2) is 8.83. The van der Waals surface area contributed by atoms with Crippen molar-refractivity contribution in [1.82, 2.24) is 10.1 Å². The number of anilines is 2. The maximum absolute atomic E-state index is 13.4. The molecule has 0 saturated carbocycles. The van der Waals surface area contributed by atoms with Crippen LogP contribution < -0.4 is 9.80 Å². The van der Waals surface area contributed by atoms with Crippen LogP contribution in [0.4, 0.5) is 15.8 Å². The van der Waals surface area contributed by atoms with Crippen LogP contribution in [0.1, 0.15) is 30.5 Å². The van der Waals surface area contributed by atoms with Crippen LogP contribution in [-0.2, 0) is 22.6 Å². The van der Waals surface area contributed by atoms with Crippen LogP contribution in [0.15, 0.2) is 53.1 Å². The maximum Gasteiger partial charge on any atom is 0.228 e. The number of nitrogens with zero attached hydrogens (tertiary/aromatic N) is 4. The Morgan fingerprint density at radius 2 is 1.69 bits per heavy atom. The van der Waals surface area contributed by atoms with Gasteiger partial charge in [0.05, 0.1) is 18.2 Å². The van der Waals surface area contributed by atoms with Gasteiger partial charge < -0.3 is 19.2 Å². The summed E-state index contributed by atoms with van der Waals surface area (Å²) in [5.74, 6) is -0.172. The lowest BCUT2D eigenvalue weighted by molar-refractivity contribution is -0.136. The van der Waals surface area contributed by atoms with E-state index in [2.05, 4.69) is 22.2 Å². The van der Waals surface area contributed by atoms with Gasteiger partial charge in [0.25, 0.3) is 0 Å². The number of carbonyl (C=O) groups excluding carboxylic acids is 2. The Morgan fingerprint density at radius 1 is 0.971 bits per heavy atom. The minimum absolute atomic E-state index is 0.0213. The van der Waals surface area contributed by atoms with E-state index in [1.807, 2.05) is 12.1 Å². The summed E-state index contributed by atoms with van der Waals surface area (Å²) in [6.45, 7) is 3.45. The molecule has 3 aliphatic rings. The van der Waals surface area contributed by atoms with Crippen molar-refractivity contribution in [1.29, 1.82) is 0 Å². The molecule has 1 atom stereocenters. The van der Waals surface area contributed by atoms with Gasteiger partial charge in [-0.25, -0.2) is 4.39 Å². The monoisotopic (exact) mass is 474 g/mol. The van der Waals surface area contributed by atoms with Gasteiger partial charge in [-0.3, -0.25) is 9.59 Å². The maximum atomic E-state index is 13.4. The van der Waals surface area contributed by atoms with Gasteiger partial charge in [0.1, 0.15) is 5.82 Å². The van der Waals surface area contributed by atoms with Gasteiger partial charge in [0, 0.05) is 61.5 Å². The number of benzene rings is 2. The summed E-state index contributed by atoms with van der Waals surface area (Å²) in [6.07, 6.45) is 3.24. The van der Waals surface area contributed by atoms with Crippen LogP contribution in [0.25, 0.3) is 11.3 Å². The topological polar surface area (TPSA) is 69.9 Å². The fraction of sp³-hybridized carbons (Fsp3) is 0.370. The van der Waals surface area contributed by atoms with Crippen molar-refractivity contribution in [2.45, 2.75) is 32.2 Å². The van der Waals surface area contributed by atoms with Gasteiger partial charge in [0.15, 0.2) is 5.76 Å². The third-order valence-electron chi connectivity index (χ3n) is 7.36. The third kappa shape index (κ3) is 4.07. The van der Waals surface area contributed by atoms with E-state index < -0.39 is 0 Å². The second-order valence-corrected chi connectivity index (χ2v) is 9.57. The molecule has 2 saturated heterocycles. The van der Waals surface area contributed by atoms with E-state index in [-0.39, 0.29) is 30.0 Å². The third-order valence-corrected chi connectivity index (χ3v) is 7.36. The summed E-state index contributed by atoms with van der Waals surface area (Å²) in [7, 11) is 0. The van der Waals surface area contributed by atoms with Crippen molar-refractivity contribution in [3.05, 3.63) is 65.6 Å². The molecule has 1 unspecified atom stereocenters. The lowest BCUT2D eigenvalue weighted by Gasteiger charge is -2.28. The molecular formula is C27H27FN4O3. The molecule has 2 aromatic carbocycles. The van der Waals surface area contributed by atoms with E-state index in [9.17, 15) is 14.0 Å². The minimum atomic E-state index is -0.378. The molecule has 7 nitrogen and oxygen atoms in total. The molecule has 180 valence electrons. The zero-order valence-corrected chi connectivity index (χ0v) is 19.5. The highest BCUT2D eigenvalue weighted by molar-refractivity contribution is 6.00. The van der Waals surface area contributed by atoms with Crippen LogP contribution in [-0.4, -0.2) is 48.0 Å². The highest BCUT2D eigenvalue weighted by Crippen LogP contribution is 2.33. The molecule has 2 amide bonds. The van der Waals surface area contributed by atoms with E-state index in [1.54, 1.807) is 21.9 Å². The summed E-state index contributed by atoms with van der Waals surface area (Å²) in [5.41, 5.74) is 4.44. The fourth-order valence-corrected chi connectivity index (χ4v) is 5.43. The molecular weight excluding hydrogens is 447 g/mol. The molecule has 0 spiro atoms. The molecule has 0 aliphatic carbocycles. The van der Waals surface area contributed by atoms with E-state index in [1.165, 1.54) is 30.7 Å². The molecule has 6 rings (SSSR count). The van der Waals surface area contributed by atoms with Gasteiger partial charge >= 0.3 is 0 Å². The molecule has 0 radical (unpaired) electrons. The Morgan fingerprint density at radius 3 is 2.43 bits per heavy atom. The lowest BCUT2D eigenvalue weighted by atomic mass is 9.99. The minimum Gasteiger partial charge on any atom is -0.372 e. The van der Waals surface area contributed by atoms with Crippen LogP contribution >= 0.6 is 0 Å². The van der Waals surface area contributed by atoms with Gasteiger partial charge in [-0.1, -0.05) is 5.16 Å². The molecule has 8 heteroatoms. The first kappa shape index (κ1) is 21.8. The molecule has 0 bridgehead atoms. The molecule has 1 aromatic heterocycles. The fourth-order valence-electron chi connectivity index (χ4n) is 5.43. The summed E-state index contributed by atoms with van der Waals surface area (Å²) >= 11 is 0. The lowest BCUT2D eigenvalue weighted by Crippen LogP contribution is -2.40. The largest absolute Gasteiger partial charge is 0.372 e. The van der Waals surface area contributed by atoms with Crippen molar-refractivity contribution in [3.8, 4) is 11.3 Å². The Bertz CT molecular complexity index is 1250. The molecule has 0 N–H and O–H groups in total. The average molecular weight is 475 g/mol. The smallest absolute Gasteiger partial charge is 0.228 e. The van der Waals surface area contributed by atoms with E-state index in [0.717, 1.165) is 35.6 Å². The predicted octanol–water partition coefficient (Wildman–Crippen LogP) is 4.02. The number of hydrogen-bond donors (Lipinski definition) is 0. The van der Waals surface area contributed by atoms with E-state index in [4.69, 9.17) is 4.52 Å². The summed E-state index contributed by atoms with van der Waals surface area (Å²) in [4.78, 5) is 32.1. The first-order valence-corrected chi connectivity index (χ1v) is 12.2. The normalized spacial score (nSPS) is 20.0. The van der Waals surface area contributed by atoms with Crippen molar-refractivity contribution >= 4 is 23.2 Å². The van der Waals surface area contributed by atoms with Crippen LogP contribution in [0.3, 0.4) is 0 Å². The average Bonchev–Trinajstić information content (AvgIpc) is 3.64. The summed E-state index contributed by atoms with van der Waals surface area (Å²) in [6, 6.07) is 14.2. The SMILES string of the molecule is O=C(C1CC(=O)N(c2ccc(N3CCCC3)cc2)C1)N1CCc2noc(-c3ccc(F)cc3)c2C1. The van der Waals surface area contributed by atoms with Gasteiger partial charge in [0.2, 0.25) is 11.8 Å². The van der Waals surface area contributed by atoms with Crippen molar-refractivity contribution in [2.24, 2.45) is 5.92 Å². The zero-order chi connectivity index (χ0) is 23.9. The number of fused-ring (bicyclic) bond motifs is 1. The van der Waals surface area contributed by atoms with Crippen molar-refractivity contribution < 1.29 is 18.5 Å². The number of halogens is 1. The molecule has 2 fully saturated rings. The molecule has 35 heavy (non-hydrogen) atoms. The van der Waals surface area contributed by atoms with Crippen LogP contribution in [0.5, 0.6) is 0 Å². The number of carbonyl (C=O) groups is 2. The highest BCUT2D eigenvalue weighted by atomic mass is 19.1. The summed E-state index contributed by atoms with van der Waals surface area (Å²) in [5, 5.41) is 4.17. The molecule has 4 heterocycles. The quantitative estimate of drug-likeness (QED) is 0.571. The Kier molecular flexibility index (Phi) is 5.51. The molecule has 3 aromatic rings. The number of aromatic nitrogens is 1. The Hall–Kier alpha value is -3.68. The second-order valence-electron chi connectivity index (χ2n) is 9.57. The van der Waals surface area contributed by atoms with Crippen molar-refractivity contribution in [3.63, 3.8) is 0 Å². The summed E-state index contributed by atoms with van der Waals surface area (Å²) < 4.78 is 18.9. The Labute approximate surface area is 203 Å². The van der Waals surface area contributed by atoms with Crippen molar-refractivity contribution in [2.75, 3.05) is 36.0 Å². The van der Waals surface area contributed by atoms with Gasteiger partial charge in [-0.15, -0.1) is 0 Å². The van der Waals surface area contributed by atoms with Crippen LogP contribution in [0.2, 0.25) is 0 Å². The number of hydrogen-bond acceptors (Lipinski definition) is 5. The molecule has 3 aliphatic heterocycles. The Balaban J connectivity index is 1.15. The van der Waals surface area contributed by atoms with E-state index >= 15 is 0 Å². The highest BCUT2D eigenvalue weighted by Gasteiger charge is 2.39. The number of amides is 2.